The Balaban J connectivity index is 0.000000196. The average Bonchev–Trinajstić information content (AvgIpc) is 4.15. The summed E-state index contributed by atoms with van der Waals surface area (Å²) in [5, 5.41) is 10.1. The fourth-order valence-electron chi connectivity index (χ4n) is 7.19. The van der Waals surface area contributed by atoms with Gasteiger partial charge >= 0.3 is 34.5 Å². The summed E-state index contributed by atoms with van der Waals surface area (Å²) in [6, 6.07) is 76.4. The maximum absolute atomic E-state index is 6.00. The largest absolute Gasteiger partial charge is 0.214 e. The van der Waals surface area contributed by atoms with Crippen LogP contribution in [0, 0.1) is 5.92 Å². The molecule has 9 rings (SSSR count). The molecule has 0 spiro atoms. The van der Waals surface area contributed by atoms with Crippen molar-refractivity contribution in [3.05, 3.63) is 236 Å². The van der Waals surface area contributed by atoms with E-state index in [1.54, 1.807) is 0 Å². The van der Waals surface area contributed by atoms with Crippen molar-refractivity contribution < 1.29 is 37.0 Å². The van der Waals surface area contributed by atoms with E-state index < -0.39 is 23.4 Å². The van der Waals surface area contributed by atoms with Crippen LogP contribution >= 0.6 is 42.8 Å². The monoisotopic (exact) mass is 1040 g/mol. The molecule has 0 N–H and O–H groups in total. The maximum atomic E-state index is 6.00. The predicted octanol–water partition coefficient (Wildman–Crippen LogP) is 11.4. The van der Waals surface area contributed by atoms with E-state index in [4.69, 9.17) is 29.1 Å². The number of rotatable bonds is 10. The molecule has 1 aliphatic heterocycles. The van der Waals surface area contributed by atoms with E-state index in [-0.39, 0.29) is 38.3 Å². The van der Waals surface area contributed by atoms with Crippen molar-refractivity contribution in [1.82, 2.24) is 0 Å². The first-order chi connectivity index (χ1) is 30.1. The van der Waals surface area contributed by atoms with E-state index in [1.165, 1.54) is 43.0 Å². The van der Waals surface area contributed by atoms with Gasteiger partial charge in [0.2, 0.25) is 5.90 Å². The number of halogens is 2. The van der Waals surface area contributed by atoms with Gasteiger partial charge in [-0.15, -0.1) is 0 Å². The van der Waals surface area contributed by atoms with Crippen LogP contribution < -0.4 is 31.8 Å². The number of hydrogen-bond donors (Lipinski definition) is 0. The zero-order valence-electron chi connectivity index (χ0n) is 34.8. The van der Waals surface area contributed by atoms with Gasteiger partial charge in [0.05, 0.1) is 6.04 Å². The van der Waals surface area contributed by atoms with E-state index in [1.807, 2.05) is 30.3 Å². The third-order valence-electron chi connectivity index (χ3n) is 10.3. The minimum atomic E-state index is -1.10. The molecule has 9 heteroatoms. The van der Waals surface area contributed by atoms with Crippen LogP contribution in [0.1, 0.15) is 13.8 Å². The van der Waals surface area contributed by atoms with Gasteiger partial charge in [-0.2, -0.15) is 18.2 Å². The van der Waals surface area contributed by atoms with Crippen molar-refractivity contribution in [2.75, 3.05) is 12.5 Å². The molecule has 0 saturated carbocycles. The first-order valence-electron chi connectivity index (χ1n) is 20.5. The van der Waals surface area contributed by atoms with Gasteiger partial charge in [0.15, 0.2) is 5.90 Å². The Morgan fingerprint density at radius 2 is 0.984 bits per heavy atom. The fourth-order valence-corrected chi connectivity index (χ4v) is 17.6. The molecule has 0 fully saturated rings. The van der Waals surface area contributed by atoms with Crippen molar-refractivity contribution in [2.24, 2.45) is 10.9 Å². The van der Waals surface area contributed by atoms with Gasteiger partial charge in [-0.05, 0) is 76.4 Å². The molecule has 1 aliphatic carbocycles. The minimum Gasteiger partial charge on any atom is -0.214 e. The molecule has 2 aliphatic rings. The predicted molar refractivity (Wildman–Crippen MR) is 274 cm³/mol. The quantitative estimate of drug-likeness (QED) is 0.0760. The summed E-state index contributed by atoms with van der Waals surface area (Å²) < 4.78 is 6.00. The molecule has 0 amide bonds. The van der Waals surface area contributed by atoms with Crippen LogP contribution in [0.25, 0.3) is 0 Å². The van der Waals surface area contributed by atoms with E-state index in [0.29, 0.717) is 12.5 Å². The van der Waals surface area contributed by atoms with Gasteiger partial charge < -0.3 is 4.74 Å². The van der Waals surface area contributed by atoms with Crippen LogP contribution in [0.4, 0.5) is 0 Å². The van der Waals surface area contributed by atoms with Crippen LogP contribution in [-0.2, 0) is 37.0 Å². The molecular weight excluding hydrogens is 987 g/mol. The summed E-state index contributed by atoms with van der Waals surface area (Å²) in [6.07, 6.45) is 6.54. The molecule has 7 aromatic rings. The Hall–Kier alpha value is -3.50. The molecule has 7 aromatic carbocycles. The van der Waals surface area contributed by atoms with Crippen LogP contribution in [0.3, 0.4) is 0 Å². The smallest absolute Gasteiger partial charge is 0.174 e. The van der Waals surface area contributed by atoms with Gasteiger partial charge in [-0.25, -0.2) is 17.1 Å². The first-order valence-corrected chi connectivity index (χ1v) is 29.9. The number of ether oxygens (including phenoxy) is 1. The van der Waals surface area contributed by atoms with E-state index >= 15 is 0 Å². The Labute approximate surface area is 399 Å². The molecule has 2 nitrogen and oxygen atoms in total. The van der Waals surface area contributed by atoms with Gasteiger partial charge in [0.1, 0.15) is 43.7 Å². The standard InChI is InChI=1S/C25H22P2.C23H24NOP.C5H5.2ClH.Fe.Ru/c1-5-13-22(14-6-1)26(23-15-7-2-8-16-23)21-27(24-17-9-3-10-18-24)25-19-11-4-12-20-25;1-17(2)21-16-25-23(24-21)20-14-9-15-22(20)26(18-10-5-3-6-11-18)19-12-7-4-8-13-19;1-2-4-5-3-1;;;;/h1-20H,21H2;3-15,17,21,26H,16H2,1-2H3;1-5H;2*1H;;/q;;-1;;;;+2. The van der Waals surface area contributed by atoms with Crippen LogP contribution in [0.15, 0.2) is 241 Å². The molecule has 1 atom stereocenters. The summed E-state index contributed by atoms with van der Waals surface area (Å²) in [5.41, 5.74) is 1.16. The minimum absolute atomic E-state index is 0. The third kappa shape index (κ3) is 14.8. The Kier molecular flexibility index (Phi) is 22.1. The summed E-state index contributed by atoms with van der Waals surface area (Å²) in [7, 11) is 6.91. The van der Waals surface area contributed by atoms with Crippen LogP contribution in [0.5, 0.6) is 0 Å². The van der Waals surface area contributed by atoms with Crippen LogP contribution in [-0.4, -0.2) is 29.7 Å². The third-order valence-corrected chi connectivity index (χ3v) is 20.0. The van der Waals surface area contributed by atoms with Gasteiger partial charge in [-0.1, -0.05) is 167 Å². The normalized spacial score (nSPS) is 13.8. The summed E-state index contributed by atoms with van der Waals surface area (Å²) in [6.45, 7) is 5.10. The SMILES string of the molecule is CC(C)C1COC(C2=CC=CC2=[PH](c2ccccc2)c2ccccc2)=N1.[Cl][Ru][Cl].[Fe].c1cc[cH-]c1.c1ccc([PH+](C[PH+](c2ccccc2)c2ccccc2)c2ccccc2)cc1. The molecular formula is C53H53Cl2FeNOP3Ru+. The summed E-state index contributed by atoms with van der Waals surface area (Å²) in [5.74, 6) is 2.56. The molecule has 0 aromatic heterocycles. The fraction of sp³-hybridized carbons (Fsp3) is 0.113. The maximum Gasteiger partial charge on any atom is 0.174 e. The molecule has 0 bridgehead atoms. The van der Waals surface area contributed by atoms with Crippen molar-refractivity contribution in [3.8, 4) is 0 Å². The Morgan fingerprint density at radius 3 is 1.31 bits per heavy atom. The molecule has 1 heterocycles. The zero-order valence-corrected chi connectivity index (χ0v) is 42.2. The second kappa shape index (κ2) is 27.6. The van der Waals surface area contributed by atoms with Crippen molar-refractivity contribution in [1.29, 1.82) is 0 Å². The second-order valence-corrected chi connectivity index (χ2v) is 25.3. The van der Waals surface area contributed by atoms with Crippen molar-refractivity contribution in [2.45, 2.75) is 19.9 Å². The summed E-state index contributed by atoms with van der Waals surface area (Å²) in [4.78, 5) is 4.87. The molecule has 0 radical (unpaired) electrons. The van der Waals surface area contributed by atoms with Gasteiger partial charge in [0.25, 0.3) is 0 Å². The number of aliphatic imine (C=N–C) groups is 1. The topological polar surface area (TPSA) is 21.6 Å². The number of allylic oxidation sites excluding steroid dienone is 3. The van der Waals surface area contributed by atoms with Crippen molar-refractivity contribution in [3.63, 3.8) is 0 Å². The average molecular weight is 1040 g/mol. The number of benzene rings is 6. The number of hydrogen-bond acceptors (Lipinski definition) is 2. The van der Waals surface area contributed by atoms with E-state index in [2.05, 4.69) is 214 Å². The van der Waals surface area contributed by atoms with Gasteiger partial charge in [-0.3, -0.25) is 0 Å². The molecule has 320 valence electrons. The second-order valence-electron chi connectivity index (χ2n) is 14.6. The van der Waals surface area contributed by atoms with Crippen LogP contribution in [0.2, 0.25) is 0 Å². The number of nitrogens with zero attached hydrogens (tertiary/aromatic N) is 1. The Bertz CT molecular complexity index is 2200. The van der Waals surface area contributed by atoms with Gasteiger partial charge in [0, 0.05) is 22.6 Å². The van der Waals surface area contributed by atoms with Crippen molar-refractivity contribution >= 4 is 85.8 Å². The first kappa shape index (κ1) is 49.5. The van der Waals surface area contributed by atoms with E-state index in [0.717, 1.165) is 11.5 Å². The molecule has 62 heavy (non-hydrogen) atoms. The zero-order chi connectivity index (χ0) is 42.5. The summed E-state index contributed by atoms with van der Waals surface area (Å²) >= 11 is -0.346. The molecule has 1 unspecified atom stereocenters. The van der Waals surface area contributed by atoms with E-state index in [9.17, 15) is 0 Å². The molecule has 0 saturated heterocycles. The Morgan fingerprint density at radius 1 is 0.613 bits per heavy atom.